The second-order valence-electron chi connectivity index (χ2n) is 15.2. The summed E-state index contributed by atoms with van der Waals surface area (Å²) in [6, 6.07) is 0. The molecule has 0 unspecified atom stereocenters. The SMILES string of the molecule is CCCCCCCCO[C@@H]1O[C@@H](C)[C@H](OC(=O)CCCCC)[C@@H](O[C@@H]2O[C@@H](C)[C@H](OC(C)=O)[C@@H](O[C@@H]3O[C@@H](C)[C@H](OC(C)=O)[C@@H](O)[C@H]3OC(C)=O)[C@H]2OC(C)=O)[C@H]1O. The molecule has 334 valence electrons. The lowest BCUT2D eigenvalue weighted by atomic mass is 9.96. The van der Waals surface area contributed by atoms with Crippen molar-refractivity contribution in [1.82, 2.24) is 0 Å². The zero-order chi connectivity index (χ0) is 43.1. The van der Waals surface area contributed by atoms with Crippen molar-refractivity contribution in [3.8, 4) is 0 Å². The Balaban J connectivity index is 2.00. The molecule has 0 radical (unpaired) electrons. The molecule has 3 rings (SSSR count). The van der Waals surface area contributed by atoms with Crippen molar-refractivity contribution in [3.63, 3.8) is 0 Å². The van der Waals surface area contributed by atoms with Gasteiger partial charge in [-0.2, -0.15) is 0 Å². The molecule has 0 aromatic rings. The normalized spacial score (nSPS) is 35.1. The van der Waals surface area contributed by atoms with E-state index in [1.807, 2.05) is 6.92 Å². The molecule has 3 heterocycles. The molecule has 0 aromatic heterocycles. The minimum absolute atomic E-state index is 0.109. The van der Waals surface area contributed by atoms with Crippen molar-refractivity contribution < 1.29 is 86.3 Å². The summed E-state index contributed by atoms with van der Waals surface area (Å²) in [6.07, 6.45) is -11.9. The lowest BCUT2D eigenvalue weighted by Crippen LogP contribution is -2.67. The fourth-order valence-corrected chi connectivity index (χ4v) is 7.25. The lowest BCUT2D eigenvalue weighted by Gasteiger charge is -2.49. The van der Waals surface area contributed by atoms with E-state index in [0.717, 1.165) is 72.6 Å². The van der Waals surface area contributed by atoms with Gasteiger partial charge in [-0.15, -0.1) is 0 Å². The second-order valence-corrected chi connectivity index (χ2v) is 15.2. The summed E-state index contributed by atoms with van der Waals surface area (Å²) in [5, 5.41) is 23.1. The maximum atomic E-state index is 13.1. The van der Waals surface area contributed by atoms with Gasteiger partial charge in [-0.05, 0) is 33.6 Å². The van der Waals surface area contributed by atoms with Crippen molar-refractivity contribution in [2.45, 2.75) is 219 Å². The van der Waals surface area contributed by atoms with Crippen molar-refractivity contribution in [2.24, 2.45) is 0 Å². The van der Waals surface area contributed by atoms with Gasteiger partial charge in [0.1, 0.15) is 24.4 Å². The average molecular weight is 835 g/mol. The van der Waals surface area contributed by atoms with Gasteiger partial charge in [-0.25, -0.2) is 0 Å². The van der Waals surface area contributed by atoms with Crippen LogP contribution < -0.4 is 0 Å². The lowest BCUT2D eigenvalue weighted by molar-refractivity contribution is -0.376. The molecular formula is C40H66O18. The van der Waals surface area contributed by atoms with E-state index in [0.29, 0.717) is 12.8 Å². The number of carbonyl (C=O) groups excluding carboxylic acids is 5. The fourth-order valence-electron chi connectivity index (χ4n) is 7.25. The van der Waals surface area contributed by atoms with Gasteiger partial charge in [-0.3, -0.25) is 24.0 Å². The van der Waals surface area contributed by atoms with Gasteiger partial charge in [-0.1, -0.05) is 58.8 Å². The summed E-state index contributed by atoms with van der Waals surface area (Å²) in [7, 11) is 0. The molecule has 15 atom stereocenters. The quantitative estimate of drug-likeness (QED) is 0.0960. The van der Waals surface area contributed by atoms with Gasteiger partial charge in [0.05, 0.1) is 18.3 Å². The standard InChI is InChI=1S/C40H66O18/c1-10-12-14-15-16-18-20-48-38-30(47)34(32(22(4)49-38)56-28(45)19-17-13-11-2)57-40-37(55-27(9)44)36(33(23(5)51-40)53-25(7)42)58-39-35(54-26(8)43)29(46)31(21(3)50-39)52-24(6)41/h21-23,29-40,46-47H,10-20H2,1-9H3/t21-,22-,23-,29+,30+,31-,32-,33-,34-,35+,36+,37+,38+,39-,40-/m0/s1. The van der Waals surface area contributed by atoms with Gasteiger partial charge < -0.3 is 62.3 Å². The molecule has 2 N–H and O–H groups in total. The highest BCUT2D eigenvalue weighted by molar-refractivity contribution is 5.69. The van der Waals surface area contributed by atoms with Gasteiger partial charge >= 0.3 is 29.8 Å². The first-order chi connectivity index (χ1) is 27.5. The Morgan fingerprint density at radius 2 is 0.897 bits per heavy atom. The minimum Gasteiger partial charge on any atom is -0.457 e. The summed E-state index contributed by atoms with van der Waals surface area (Å²) in [4.78, 5) is 62.4. The third kappa shape index (κ3) is 14.6. The van der Waals surface area contributed by atoms with E-state index in [-0.39, 0.29) is 13.0 Å². The number of ether oxygens (including phenoxy) is 11. The molecule has 3 aliphatic heterocycles. The predicted octanol–water partition coefficient (Wildman–Crippen LogP) is 3.31. The van der Waals surface area contributed by atoms with Crippen LogP contribution in [0.1, 0.15) is 127 Å². The fraction of sp³-hybridized carbons (Fsp3) is 0.875. The molecule has 0 aliphatic carbocycles. The van der Waals surface area contributed by atoms with E-state index >= 15 is 0 Å². The van der Waals surface area contributed by atoms with Crippen LogP contribution in [0, 0.1) is 0 Å². The maximum Gasteiger partial charge on any atom is 0.306 e. The second kappa shape index (κ2) is 24.3. The first-order valence-electron chi connectivity index (χ1n) is 20.6. The number of carbonyl (C=O) groups is 5. The molecule has 0 spiro atoms. The maximum absolute atomic E-state index is 13.1. The Kier molecular flexibility index (Phi) is 20.7. The zero-order valence-corrected chi connectivity index (χ0v) is 35.4. The van der Waals surface area contributed by atoms with Gasteiger partial charge in [0.15, 0.2) is 49.4 Å². The van der Waals surface area contributed by atoms with Crippen molar-refractivity contribution in [2.75, 3.05) is 6.61 Å². The smallest absolute Gasteiger partial charge is 0.306 e. The van der Waals surface area contributed by atoms with Crippen LogP contribution in [-0.4, -0.2) is 139 Å². The Hall–Kier alpha value is -2.97. The summed E-state index contributed by atoms with van der Waals surface area (Å²) in [6.45, 7) is 13.6. The van der Waals surface area contributed by atoms with E-state index in [2.05, 4.69) is 6.92 Å². The highest BCUT2D eigenvalue weighted by atomic mass is 16.8. The summed E-state index contributed by atoms with van der Waals surface area (Å²) in [5.41, 5.74) is 0. The number of hydrogen-bond acceptors (Lipinski definition) is 18. The molecule has 3 fully saturated rings. The molecule has 0 amide bonds. The van der Waals surface area contributed by atoms with Crippen LogP contribution in [0.15, 0.2) is 0 Å². The highest BCUT2D eigenvalue weighted by Gasteiger charge is 2.57. The molecular weight excluding hydrogens is 768 g/mol. The largest absolute Gasteiger partial charge is 0.457 e. The van der Waals surface area contributed by atoms with Crippen LogP contribution in [0.3, 0.4) is 0 Å². The molecule has 3 saturated heterocycles. The Labute approximate surface area is 341 Å². The van der Waals surface area contributed by atoms with E-state index in [4.69, 9.17) is 52.1 Å². The van der Waals surface area contributed by atoms with Crippen LogP contribution in [-0.2, 0) is 76.1 Å². The molecule has 18 nitrogen and oxygen atoms in total. The number of rotatable bonds is 21. The molecule has 3 aliphatic rings. The summed E-state index contributed by atoms with van der Waals surface area (Å²) in [5.74, 6) is -3.70. The van der Waals surface area contributed by atoms with E-state index in [1.165, 1.54) is 13.8 Å². The van der Waals surface area contributed by atoms with Crippen LogP contribution in [0.25, 0.3) is 0 Å². The average Bonchev–Trinajstić information content (AvgIpc) is 3.13. The molecule has 0 saturated carbocycles. The predicted molar refractivity (Wildman–Crippen MR) is 200 cm³/mol. The number of aliphatic hydroxyl groups excluding tert-OH is 2. The first kappa shape index (κ1) is 49.4. The van der Waals surface area contributed by atoms with Crippen LogP contribution in [0.5, 0.6) is 0 Å². The van der Waals surface area contributed by atoms with Crippen molar-refractivity contribution in [1.29, 1.82) is 0 Å². The third-order valence-corrected chi connectivity index (χ3v) is 10.1. The third-order valence-electron chi connectivity index (χ3n) is 10.1. The van der Waals surface area contributed by atoms with Crippen LogP contribution in [0.4, 0.5) is 0 Å². The number of unbranched alkanes of at least 4 members (excludes halogenated alkanes) is 7. The first-order valence-corrected chi connectivity index (χ1v) is 20.6. The Morgan fingerprint density at radius 1 is 0.466 bits per heavy atom. The van der Waals surface area contributed by atoms with Gasteiger partial charge in [0.2, 0.25) is 0 Å². The van der Waals surface area contributed by atoms with E-state index < -0.39 is 122 Å². The minimum atomic E-state index is -1.65. The summed E-state index contributed by atoms with van der Waals surface area (Å²) < 4.78 is 65.0. The molecule has 58 heavy (non-hydrogen) atoms. The molecule has 18 heteroatoms. The monoisotopic (exact) mass is 834 g/mol. The Morgan fingerprint density at radius 3 is 1.48 bits per heavy atom. The zero-order valence-electron chi connectivity index (χ0n) is 35.4. The molecule has 0 bridgehead atoms. The Bertz CT molecular complexity index is 1310. The number of esters is 5. The van der Waals surface area contributed by atoms with E-state index in [1.54, 1.807) is 6.92 Å². The van der Waals surface area contributed by atoms with E-state index in [9.17, 15) is 34.2 Å². The van der Waals surface area contributed by atoms with Gasteiger partial charge in [0.25, 0.3) is 0 Å². The van der Waals surface area contributed by atoms with Crippen molar-refractivity contribution in [3.05, 3.63) is 0 Å². The van der Waals surface area contributed by atoms with Crippen molar-refractivity contribution >= 4 is 29.8 Å². The highest BCUT2D eigenvalue weighted by Crippen LogP contribution is 2.37. The molecule has 0 aromatic carbocycles. The summed E-state index contributed by atoms with van der Waals surface area (Å²) >= 11 is 0. The van der Waals surface area contributed by atoms with Gasteiger partial charge in [0, 0.05) is 40.7 Å². The van der Waals surface area contributed by atoms with Crippen LogP contribution >= 0.6 is 0 Å². The number of hydrogen-bond donors (Lipinski definition) is 2. The number of aliphatic hydroxyl groups is 2. The van der Waals surface area contributed by atoms with Crippen LogP contribution in [0.2, 0.25) is 0 Å². The topological polar surface area (TPSA) is 227 Å².